The Labute approximate surface area is 250 Å². The molecule has 2 heterocycles. The summed E-state index contributed by atoms with van der Waals surface area (Å²) in [6, 6.07) is 23.6. The summed E-state index contributed by atoms with van der Waals surface area (Å²) in [6.07, 6.45) is 0. The molecule has 6 aromatic rings. The minimum atomic E-state index is -0.466. The molecule has 224 valence electrons. The van der Waals surface area contributed by atoms with Crippen LogP contribution in [0.3, 0.4) is 0 Å². The lowest BCUT2D eigenvalue weighted by Gasteiger charge is -2.10. The lowest BCUT2D eigenvalue weighted by atomic mass is 10.1. The summed E-state index contributed by atoms with van der Waals surface area (Å²) in [5.41, 5.74) is 0.944. The van der Waals surface area contributed by atoms with Crippen molar-refractivity contribution < 1.29 is 38.0 Å². The molecule has 0 bridgehead atoms. The second-order valence-corrected chi connectivity index (χ2v) is 9.35. The second kappa shape index (κ2) is 12.5. The average molecular weight is 597 g/mol. The maximum atomic E-state index is 12.2. The minimum absolute atomic E-state index is 0.102. The molecule has 44 heavy (non-hydrogen) atoms. The first-order chi connectivity index (χ1) is 21.3. The molecule has 0 amide bonds. The van der Waals surface area contributed by atoms with Crippen molar-refractivity contribution in [3.8, 4) is 57.1 Å². The molecule has 0 aliphatic carbocycles. The quantitative estimate of drug-likeness (QED) is 0.223. The molecular weight excluding hydrogens is 568 g/mol. The first-order valence-corrected chi connectivity index (χ1v) is 13.3. The average Bonchev–Trinajstić information content (AvgIpc) is 3.07. The van der Waals surface area contributed by atoms with E-state index in [1.165, 1.54) is 28.4 Å². The van der Waals surface area contributed by atoms with Crippen molar-refractivity contribution in [1.29, 1.82) is 0 Å². The van der Waals surface area contributed by atoms with Crippen molar-refractivity contribution >= 4 is 21.9 Å². The topological polar surface area (TPSA) is 138 Å². The van der Waals surface area contributed by atoms with Gasteiger partial charge in [-0.2, -0.15) is 0 Å². The minimum Gasteiger partial charge on any atom is -0.502 e. The summed E-state index contributed by atoms with van der Waals surface area (Å²) in [4.78, 5) is 24.5. The van der Waals surface area contributed by atoms with Crippen LogP contribution in [0.1, 0.15) is 0 Å². The molecule has 0 radical (unpaired) electrons. The van der Waals surface area contributed by atoms with Gasteiger partial charge in [-0.15, -0.1) is 0 Å². The lowest BCUT2D eigenvalue weighted by Crippen LogP contribution is -2.02. The van der Waals surface area contributed by atoms with Gasteiger partial charge in [0.1, 0.15) is 11.2 Å². The largest absolute Gasteiger partial charge is 0.502 e. The van der Waals surface area contributed by atoms with E-state index in [1.54, 1.807) is 84.9 Å². The van der Waals surface area contributed by atoms with Gasteiger partial charge in [0, 0.05) is 11.1 Å². The molecule has 0 spiro atoms. The van der Waals surface area contributed by atoms with Gasteiger partial charge in [0.2, 0.25) is 22.4 Å². The molecule has 0 saturated heterocycles. The Kier molecular flexibility index (Phi) is 8.43. The van der Waals surface area contributed by atoms with Gasteiger partial charge in [0.05, 0.1) is 39.2 Å². The number of benzene rings is 4. The number of aromatic hydroxyl groups is 2. The van der Waals surface area contributed by atoms with Crippen molar-refractivity contribution in [1.82, 2.24) is 0 Å². The fourth-order valence-electron chi connectivity index (χ4n) is 4.61. The third-order valence-corrected chi connectivity index (χ3v) is 6.84. The predicted molar refractivity (Wildman–Crippen MR) is 165 cm³/mol. The second-order valence-electron chi connectivity index (χ2n) is 9.35. The zero-order valence-electron chi connectivity index (χ0n) is 24.2. The Morgan fingerprint density at radius 3 is 1.23 bits per heavy atom. The highest BCUT2D eigenvalue weighted by atomic mass is 16.5. The van der Waals surface area contributed by atoms with Crippen LogP contribution in [0.4, 0.5) is 0 Å². The van der Waals surface area contributed by atoms with Crippen LogP contribution in [-0.4, -0.2) is 38.7 Å². The molecule has 4 aromatic carbocycles. The summed E-state index contributed by atoms with van der Waals surface area (Å²) in [5, 5.41) is 21.0. The van der Waals surface area contributed by atoms with Gasteiger partial charge >= 0.3 is 0 Å². The van der Waals surface area contributed by atoms with Gasteiger partial charge in [-0.05, 0) is 60.7 Å². The lowest BCUT2D eigenvalue weighted by molar-refractivity contribution is 0.355. The molecule has 0 saturated carbocycles. The number of methoxy groups -OCH3 is 4. The van der Waals surface area contributed by atoms with Gasteiger partial charge in [-0.25, -0.2) is 0 Å². The van der Waals surface area contributed by atoms with Gasteiger partial charge in [-0.1, -0.05) is 24.3 Å². The van der Waals surface area contributed by atoms with Crippen LogP contribution < -0.4 is 29.8 Å². The maximum absolute atomic E-state index is 12.2. The highest BCUT2D eigenvalue weighted by Crippen LogP contribution is 2.37. The zero-order chi connectivity index (χ0) is 31.4. The normalized spacial score (nSPS) is 10.6. The Bertz CT molecular complexity index is 1940. The van der Waals surface area contributed by atoms with Crippen molar-refractivity contribution in [3.63, 3.8) is 0 Å². The molecule has 0 aliphatic rings. The molecule has 2 aromatic heterocycles. The number of ether oxygens (including phenoxy) is 4. The van der Waals surface area contributed by atoms with E-state index in [0.29, 0.717) is 56.1 Å². The molecular formula is C34H28O10. The highest BCUT2D eigenvalue weighted by molar-refractivity contribution is 5.83. The summed E-state index contributed by atoms with van der Waals surface area (Å²) in [7, 11) is 6.09. The summed E-state index contributed by atoms with van der Waals surface area (Å²) in [5.74, 6) is 1.42. The van der Waals surface area contributed by atoms with Crippen LogP contribution in [0.5, 0.6) is 34.5 Å². The monoisotopic (exact) mass is 596 g/mol. The van der Waals surface area contributed by atoms with E-state index in [2.05, 4.69) is 0 Å². The van der Waals surface area contributed by atoms with Crippen LogP contribution in [0.25, 0.3) is 44.6 Å². The molecule has 0 aliphatic heterocycles. The van der Waals surface area contributed by atoms with Crippen LogP contribution in [0.15, 0.2) is 103 Å². The molecule has 10 nitrogen and oxygen atoms in total. The molecule has 0 fully saturated rings. The van der Waals surface area contributed by atoms with E-state index < -0.39 is 22.4 Å². The summed E-state index contributed by atoms with van der Waals surface area (Å²) >= 11 is 0. The van der Waals surface area contributed by atoms with Crippen LogP contribution in [0, 0.1) is 0 Å². The number of rotatable bonds is 6. The van der Waals surface area contributed by atoms with Gasteiger partial charge in [0.15, 0.2) is 34.5 Å². The summed E-state index contributed by atoms with van der Waals surface area (Å²) in [6.45, 7) is 0. The van der Waals surface area contributed by atoms with Crippen LogP contribution in [-0.2, 0) is 0 Å². The molecule has 2 N–H and O–H groups in total. The Morgan fingerprint density at radius 1 is 0.500 bits per heavy atom. The maximum Gasteiger partial charge on any atom is 0.235 e. The van der Waals surface area contributed by atoms with Gasteiger partial charge < -0.3 is 38.0 Å². The molecule has 0 atom stereocenters. The van der Waals surface area contributed by atoms with Crippen molar-refractivity contribution in [2.24, 2.45) is 0 Å². The standard InChI is InChI=1S/2C17H14O5/c2*1-20-13-8-7-10(9-14(13)21-2)17-16(19)15(18)11-5-3-4-6-12(11)22-17/h2*3-9,19H,1-2H3. The SMILES string of the molecule is COc1ccc(-c2oc3ccccc3c(=O)c2O)cc1OC.COc1ccc(-c2oc3ccccc3c(=O)c2O)cc1OC. The van der Waals surface area contributed by atoms with Crippen molar-refractivity contribution in [3.05, 3.63) is 105 Å². The molecule has 10 heteroatoms. The first-order valence-electron chi connectivity index (χ1n) is 13.3. The number of hydrogen-bond acceptors (Lipinski definition) is 10. The van der Waals surface area contributed by atoms with Gasteiger partial charge in [-0.3, -0.25) is 9.59 Å². The van der Waals surface area contributed by atoms with E-state index in [1.807, 2.05) is 0 Å². The predicted octanol–water partition coefficient (Wildman–Crippen LogP) is 6.37. The van der Waals surface area contributed by atoms with E-state index in [4.69, 9.17) is 27.8 Å². The van der Waals surface area contributed by atoms with Crippen LogP contribution in [0.2, 0.25) is 0 Å². The first kappa shape index (κ1) is 29.6. The van der Waals surface area contributed by atoms with E-state index in [0.717, 1.165) is 0 Å². The highest BCUT2D eigenvalue weighted by Gasteiger charge is 2.18. The zero-order valence-corrected chi connectivity index (χ0v) is 24.2. The third kappa shape index (κ3) is 5.48. The Balaban J connectivity index is 0.000000175. The van der Waals surface area contributed by atoms with Crippen LogP contribution >= 0.6 is 0 Å². The number of fused-ring (bicyclic) bond motifs is 2. The smallest absolute Gasteiger partial charge is 0.235 e. The van der Waals surface area contributed by atoms with Gasteiger partial charge in [0.25, 0.3) is 0 Å². The fraction of sp³-hybridized carbons (Fsp3) is 0.118. The Morgan fingerprint density at radius 2 is 0.864 bits per heavy atom. The number of hydrogen-bond donors (Lipinski definition) is 2. The van der Waals surface area contributed by atoms with E-state index >= 15 is 0 Å². The molecule has 0 unspecified atom stereocenters. The van der Waals surface area contributed by atoms with Crippen molar-refractivity contribution in [2.75, 3.05) is 28.4 Å². The third-order valence-electron chi connectivity index (χ3n) is 6.84. The Hall–Kier alpha value is -5.90. The van der Waals surface area contributed by atoms with E-state index in [9.17, 15) is 19.8 Å². The fourth-order valence-corrected chi connectivity index (χ4v) is 4.61. The van der Waals surface area contributed by atoms with Crippen molar-refractivity contribution in [2.45, 2.75) is 0 Å². The summed E-state index contributed by atoms with van der Waals surface area (Å²) < 4.78 is 32.2. The number of para-hydroxylation sites is 2. The van der Waals surface area contributed by atoms with E-state index in [-0.39, 0.29) is 11.5 Å². The molecule has 6 rings (SSSR count).